The first-order valence-corrected chi connectivity index (χ1v) is 3.97. The molecule has 0 aliphatic carbocycles. The van der Waals surface area contributed by atoms with E-state index in [1.54, 1.807) is 19.3 Å². The molecule has 13 heavy (non-hydrogen) atoms. The van der Waals surface area contributed by atoms with Gasteiger partial charge in [0, 0.05) is 24.6 Å². The first-order chi connectivity index (χ1) is 6.20. The van der Waals surface area contributed by atoms with Crippen LogP contribution in [0.3, 0.4) is 0 Å². The van der Waals surface area contributed by atoms with E-state index in [2.05, 4.69) is 15.3 Å². The lowest BCUT2D eigenvalue weighted by Gasteiger charge is -2.11. The molecule has 0 spiro atoms. The van der Waals surface area contributed by atoms with E-state index in [4.69, 9.17) is 0 Å². The highest BCUT2D eigenvalue weighted by Gasteiger charge is 2.08. The van der Waals surface area contributed by atoms with E-state index in [1.807, 2.05) is 0 Å². The summed E-state index contributed by atoms with van der Waals surface area (Å²) in [7, 11) is 0. The van der Waals surface area contributed by atoms with Gasteiger partial charge < -0.3 is 5.32 Å². The summed E-state index contributed by atoms with van der Waals surface area (Å²) < 4.78 is 23.6. The summed E-state index contributed by atoms with van der Waals surface area (Å²) in [5, 5.41) is 2.65. The highest BCUT2D eigenvalue weighted by atomic mass is 19.3. The average Bonchev–Trinajstić information content (AvgIpc) is 2.15. The summed E-state index contributed by atoms with van der Waals surface area (Å²) in [4.78, 5) is 7.83. The molecule has 3 nitrogen and oxygen atoms in total. The van der Waals surface area contributed by atoms with Gasteiger partial charge in [-0.1, -0.05) is 0 Å². The van der Waals surface area contributed by atoms with Crippen LogP contribution in [0.5, 0.6) is 0 Å². The maximum atomic E-state index is 11.8. The fourth-order valence-electron chi connectivity index (χ4n) is 0.905. The second-order valence-electron chi connectivity index (χ2n) is 2.65. The fraction of sp³-hybridized carbons (Fsp3) is 0.500. The highest BCUT2D eigenvalue weighted by Crippen LogP contribution is 2.06. The summed E-state index contributed by atoms with van der Waals surface area (Å²) in [6, 6.07) is -0.192. The van der Waals surface area contributed by atoms with Crippen molar-refractivity contribution in [3.8, 4) is 0 Å². The van der Waals surface area contributed by atoms with Gasteiger partial charge in [0.05, 0.1) is 12.2 Å². The minimum absolute atomic E-state index is 0.192. The van der Waals surface area contributed by atoms with Gasteiger partial charge in [0.25, 0.3) is 6.43 Å². The molecule has 0 fully saturated rings. The third-order valence-corrected chi connectivity index (χ3v) is 1.61. The lowest BCUT2D eigenvalue weighted by molar-refractivity contribution is 0.142. The van der Waals surface area contributed by atoms with Crippen molar-refractivity contribution in [2.24, 2.45) is 0 Å². The number of halogens is 2. The van der Waals surface area contributed by atoms with E-state index in [9.17, 15) is 8.78 Å². The Morgan fingerprint density at radius 2 is 2.23 bits per heavy atom. The molecule has 1 heterocycles. The molecule has 72 valence electrons. The Hall–Kier alpha value is -1.10. The smallest absolute Gasteiger partial charge is 0.250 e. The van der Waals surface area contributed by atoms with Crippen LogP contribution in [0.2, 0.25) is 0 Å². The molecule has 0 aliphatic rings. The molecule has 1 N–H and O–H groups in total. The van der Waals surface area contributed by atoms with E-state index >= 15 is 0 Å². The maximum Gasteiger partial charge on any atom is 0.250 e. The number of hydrogen-bond donors (Lipinski definition) is 1. The Morgan fingerprint density at radius 1 is 1.46 bits per heavy atom. The number of alkyl halides is 2. The summed E-state index contributed by atoms with van der Waals surface area (Å²) in [6.45, 7) is 1.45. The molecular formula is C8H11F2N3. The van der Waals surface area contributed by atoms with Gasteiger partial charge in [-0.05, 0) is 6.92 Å². The van der Waals surface area contributed by atoms with E-state index in [-0.39, 0.29) is 12.6 Å². The van der Waals surface area contributed by atoms with Crippen molar-refractivity contribution in [2.45, 2.75) is 19.4 Å². The lowest BCUT2D eigenvalue weighted by atomic mass is 10.2. The molecule has 0 bridgehead atoms. The predicted molar refractivity (Wildman–Crippen MR) is 44.5 cm³/mol. The van der Waals surface area contributed by atoms with Crippen molar-refractivity contribution in [3.05, 3.63) is 24.3 Å². The summed E-state index contributed by atoms with van der Waals surface area (Å²) in [6.07, 6.45) is 2.31. The Labute approximate surface area is 75.2 Å². The molecule has 0 radical (unpaired) electrons. The van der Waals surface area contributed by atoms with Gasteiger partial charge >= 0.3 is 0 Å². The molecule has 1 aromatic heterocycles. The van der Waals surface area contributed by atoms with Crippen LogP contribution in [0, 0.1) is 0 Å². The molecule has 1 aromatic rings. The van der Waals surface area contributed by atoms with Crippen molar-refractivity contribution in [3.63, 3.8) is 0 Å². The maximum absolute atomic E-state index is 11.8. The minimum atomic E-state index is -2.33. The van der Waals surface area contributed by atoms with Crippen LogP contribution in [-0.2, 0) is 0 Å². The number of nitrogens with zero attached hydrogens (tertiary/aromatic N) is 2. The SMILES string of the molecule is CC(NCC(F)F)c1cnccn1. The number of nitrogens with one attached hydrogen (secondary N) is 1. The zero-order chi connectivity index (χ0) is 9.68. The Morgan fingerprint density at radius 3 is 2.77 bits per heavy atom. The molecule has 5 heteroatoms. The number of rotatable bonds is 4. The average molecular weight is 187 g/mol. The molecule has 1 atom stereocenters. The summed E-state index contributed by atoms with van der Waals surface area (Å²) in [5.41, 5.74) is 0.670. The van der Waals surface area contributed by atoms with Gasteiger partial charge in [0.2, 0.25) is 0 Å². The van der Waals surface area contributed by atoms with Crippen LogP contribution in [0.25, 0.3) is 0 Å². The highest BCUT2D eigenvalue weighted by molar-refractivity contribution is 5.00. The van der Waals surface area contributed by atoms with E-state index in [0.717, 1.165) is 0 Å². The van der Waals surface area contributed by atoms with Crippen LogP contribution in [0.15, 0.2) is 18.6 Å². The third-order valence-electron chi connectivity index (χ3n) is 1.61. The van der Waals surface area contributed by atoms with Crippen LogP contribution < -0.4 is 5.32 Å². The quantitative estimate of drug-likeness (QED) is 0.774. The van der Waals surface area contributed by atoms with Crippen molar-refractivity contribution < 1.29 is 8.78 Å². The fourth-order valence-corrected chi connectivity index (χ4v) is 0.905. The topological polar surface area (TPSA) is 37.8 Å². The second kappa shape index (κ2) is 4.81. The van der Waals surface area contributed by atoms with Crippen LogP contribution in [-0.4, -0.2) is 22.9 Å². The lowest BCUT2D eigenvalue weighted by Crippen LogP contribution is -2.25. The Balaban J connectivity index is 2.44. The number of aromatic nitrogens is 2. The van der Waals surface area contributed by atoms with Crippen LogP contribution in [0.1, 0.15) is 18.7 Å². The molecule has 1 rings (SSSR count). The molecule has 1 unspecified atom stereocenters. The first-order valence-electron chi connectivity index (χ1n) is 3.97. The van der Waals surface area contributed by atoms with Gasteiger partial charge in [-0.25, -0.2) is 8.78 Å². The molecule has 0 aliphatic heterocycles. The monoisotopic (exact) mass is 187 g/mol. The normalized spacial score (nSPS) is 13.2. The van der Waals surface area contributed by atoms with Gasteiger partial charge in [0.15, 0.2) is 0 Å². The molecule has 0 amide bonds. The molecular weight excluding hydrogens is 176 g/mol. The third kappa shape index (κ3) is 3.42. The van der Waals surface area contributed by atoms with Gasteiger partial charge in [0.1, 0.15) is 0 Å². The van der Waals surface area contributed by atoms with E-state index in [0.29, 0.717) is 5.69 Å². The molecule has 0 saturated heterocycles. The number of hydrogen-bond acceptors (Lipinski definition) is 3. The van der Waals surface area contributed by atoms with Crippen LogP contribution in [0.4, 0.5) is 8.78 Å². The zero-order valence-corrected chi connectivity index (χ0v) is 7.24. The molecule has 0 saturated carbocycles. The van der Waals surface area contributed by atoms with Gasteiger partial charge in [-0.3, -0.25) is 9.97 Å². The van der Waals surface area contributed by atoms with Crippen molar-refractivity contribution in [1.82, 2.24) is 15.3 Å². The predicted octanol–water partition coefficient (Wildman–Crippen LogP) is 1.39. The van der Waals surface area contributed by atoms with Gasteiger partial charge in [-0.15, -0.1) is 0 Å². The van der Waals surface area contributed by atoms with Crippen molar-refractivity contribution in [2.75, 3.05) is 6.54 Å². The van der Waals surface area contributed by atoms with Crippen molar-refractivity contribution in [1.29, 1.82) is 0 Å². The first kappa shape index (κ1) is 9.98. The largest absolute Gasteiger partial charge is 0.303 e. The van der Waals surface area contributed by atoms with Gasteiger partial charge in [-0.2, -0.15) is 0 Å². The van der Waals surface area contributed by atoms with Crippen molar-refractivity contribution >= 4 is 0 Å². The second-order valence-corrected chi connectivity index (χ2v) is 2.65. The Bertz CT molecular complexity index is 240. The molecule has 0 aromatic carbocycles. The Kier molecular flexibility index (Phi) is 3.70. The standard InChI is InChI=1S/C8H11F2N3/c1-6(13-5-8(9)10)7-4-11-2-3-12-7/h2-4,6,8,13H,5H2,1H3. The van der Waals surface area contributed by atoms with Crippen LogP contribution >= 0.6 is 0 Å². The summed E-state index contributed by atoms with van der Waals surface area (Å²) in [5.74, 6) is 0. The minimum Gasteiger partial charge on any atom is -0.303 e. The van der Waals surface area contributed by atoms with E-state index in [1.165, 1.54) is 6.20 Å². The zero-order valence-electron chi connectivity index (χ0n) is 7.24. The van der Waals surface area contributed by atoms with E-state index < -0.39 is 6.43 Å². The summed E-state index contributed by atoms with van der Waals surface area (Å²) >= 11 is 0.